The summed E-state index contributed by atoms with van der Waals surface area (Å²) in [7, 11) is 0. The topological polar surface area (TPSA) is 66.4 Å². The summed E-state index contributed by atoms with van der Waals surface area (Å²) < 4.78 is 1.07. The molecule has 0 saturated carbocycles. The van der Waals surface area contributed by atoms with E-state index in [1.54, 1.807) is 0 Å². The SMILES string of the molecule is O=C(N[C@H](Cc1ccc(I)cc1)C(=O)O)C(c1ccccc1)c1ccccc1. The lowest BCUT2D eigenvalue weighted by molar-refractivity contribution is -0.141. The zero-order valence-corrected chi connectivity index (χ0v) is 17.2. The molecule has 5 heteroatoms. The van der Waals surface area contributed by atoms with Gasteiger partial charge in [0.1, 0.15) is 6.04 Å². The Morgan fingerprint density at radius 2 is 1.32 bits per heavy atom. The second kappa shape index (κ2) is 9.50. The molecule has 142 valence electrons. The Morgan fingerprint density at radius 1 is 0.821 bits per heavy atom. The van der Waals surface area contributed by atoms with Crippen LogP contribution in [0.1, 0.15) is 22.6 Å². The number of carboxylic acids is 1. The molecule has 0 aliphatic rings. The van der Waals surface area contributed by atoms with Crippen molar-refractivity contribution in [2.75, 3.05) is 0 Å². The van der Waals surface area contributed by atoms with Crippen molar-refractivity contribution in [1.82, 2.24) is 5.32 Å². The summed E-state index contributed by atoms with van der Waals surface area (Å²) >= 11 is 2.20. The smallest absolute Gasteiger partial charge is 0.326 e. The third-order valence-electron chi connectivity index (χ3n) is 4.50. The Labute approximate surface area is 177 Å². The maximum absolute atomic E-state index is 13.1. The van der Waals surface area contributed by atoms with Crippen LogP contribution in [0.15, 0.2) is 84.9 Å². The van der Waals surface area contributed by atoms with Crippen LogP contribution in [0.2, 0.25) is 0 Å². The van der Waals surface area contributed by atoms with Crippen LogP contribution in [-0.4, -0.2) is 23.0 Å². The van der Waals surface area contributed by atoms with Crippen LogP contribution < -0.4 is 5.32 Å². The summed E-state index contributed by atoms with van der Waals surface area (Å²) in [5.41, 5.74) is 2.51. The number of carbonyl (C=O) groups is 2. The standard InChI is InChI=1S/C23H20INO3/c24-19-13-11-16(12-14-19)15-20(23(27)28)25-22(26)21(17-7-3-1-4-8-17)18-9-5-2-6-10-18/h1-14,20-21H,15H2,(H,25,26)(H,27,28)/t20-/m1/s1. The summed E-state index contributed by atoms with van der Waals surface area (Å²) in [5.74, 6) is -1.94. The normalized spacial score (nSPS) is 11.8. The zero-order chi connectivity index (χ0) is 19.9. The average Bonchev–Trinajstić information content (AvgIpc) is 2.71. The molecule has 0 aromatic heterocycles. The molecule has 1 amide bonds. The molecule has 3 rings (SSSR count). The molecule has 0 fully saturated rings. The van der Waals surface area contributed by atoms with Crippen molar-refractivity contribution in [2.45, 2.75) is 18.4 Å². The number of hydrogen-bond donors (Lipinski definition) is 2. The second-order valence-corrected chi connectivity index (χ2v) is 7.73. The maximum atomic E-state index is 13.1. The van der Waals surface area contributed by atoms with Gasteiger partial charge in [0.05, 0.1) is 5.92 Å². The van der Waals surface area contributed by atoms with Gasteiger partial charge in [-0.25, -0.2) is 4.79 Å². The molecule has 2 N–H and O–H groups in total. The summed E-state index contributed by atoms with van der Waals surface area (Å²) in [6, 6.07) is 25.4. The van der Waals surface area contributed by atoms with E-state index in [9.17, 15) is 14.7 Å². The van der Waals surface area contributed by atoms with Crippen LogP contribution in [0.25, 0.3) is 0 Å². The summed E-state index contributed by atoms with van der Waals surface area (Å²) in [4.78, 5) is 24.9. The van der Waals surface area contributed by atoms with Crippen LogP contribution in [-0.2, 0) is 16.0 Å². The van der Waals surface area contributed by atoms with Gasteiger partial charge >= 0.3 is 5.97 Å². The van der Waals surface area contributed by atoms with Crippen molar-refractivity contribution >= 4 is 34.5 Å². The lowest BCUT2D eigenvalue weighted by atomic mass is 9.90. The van der Waals surface area contributed by atoms with Gasteiger partial charge in [-0.3, -0.25) is 4.79 Å². The molecule has 0 radical (unpaired) electrons. The van der Waals surface area contributed by atoms with Gasteiger partial charge in [0, 0.05) is 9.99 Å². The number of aliphatic carboxylic acids is 1. The summed E-state index contributed by atoms with van der Waals surface area (Å²) in [6.45, 7) is 0. The quantitative estimate of drug-likeness (QED) is 0.493. The van der Waals surface area contributed by atoms with Crippen LogP contribution in [0, 0.1) is 3.57 Å². The van der Waals surface area contributed by atoms with E-state index in [4.69, 9.17) is 0 Å². The molecule has 1 atom stereocenters. The Bertz CT molecular complexity index is 888. The van der Waals surface area contributed by atoms with E-state index in [1.807, 2.05) is 84.9 Å². The first-order valence-corrected chi connectivity index (χ1v) is 10.00. The van der Waals surface area contributed by atoms with E-state index in [1.165, 1.54) is 0 Å². The van der Waals surface area contributed by atoms with Gasteiger partial charge in [-0.1, -0.05) is 72.8 Å². The van der Waals surface area contributed by atoms with E-state index in [-0.39, 0.29) is 12.3 Å². The molecule has 0 heterocycles. The summed E-state index contributed by atoms with van der Waals surface area (Å²) in [6.07, 6.45) is 0.230. The number of halogens is 1. The van der Waals surface area contributed by atoms with Gasteiger partial charge in [-0.2, -0.15) is 0 Å². The minimum Gasteiger partial charge on any atom is -0.480 e. The average molecular weight is 485 g/mol. The fraction of sp³-hybridized carbons (Fsp3) is 0.130. The van der Waals surface area contributed by atoms with Crippen LogP contribution in [0.4, 0.5) is 0 Å². The lowest BCUT2D eigenvalue weighted by Gasteiger charge is -2.21. The molecular formula is C23H20INO3. The first kappa shape index (κ1) is 20.1. The highest BCUT2D eigenvalue weighted by atomic mass is 127. The molecule has 3 aromatic carbocycles. The van der Waals surface area contributed by atoms with E-state index in [0.717, 1.165) is 20.3 Å². The van der Waals surface area contributed by atoms with Crippen LogP contribution in [0.5, 0.6) is 0 Å². The Morgan fingerprint density at radius 3 is 1.79 bits per heavy atom. The van der Waals surface area contributed by atoms with Gasteiger partial charge in [0.2, 0.25) is 5.91 Å². The molecule has 0 saturated heterocycles. The number of nitrogens with one attached hydrogen (secondary N) is 1. The third kappa shape index (κ3) is 5.19. The first-order valence-electron chi connectivity index (χ1n) is 8.92. The predicted octanol–water partition coefficient (Wildman–Crippen LogP) is 4.24. The minimum atomic E-state index is -1.05. The van der Waals surface area contributed by atoms with Crippen LogP contribution in [0.3, 0.4) is 0 Å². The van der Waals surface area contributed by atoms with Gasteiger partial charge in [0.25, 0.3) is 0 Å². The van der Waals surface area contributed by atoms with Crippen molar-refractivity contribution in [2.24, 2.45) is 0 Å². The molecular weight excluding hydrogens is 465 g/mol. The van der Waals surface area contributed by atoms with Gasteiger partial charge in [-0.05, 0) is 51.4 Å². The molecule has 0 aliphatic carbocycles. The van der Waals surface area contributed by atoms with Crippen molar-refractivity contribution in [3.8, 4) is 0 Å². The third-order valence-corrected chi connectivity index (χ3v) is 5.21. The molecule has 0 spiro atoms. The number of benzene rings is 3. The van der Waals surface area contributed by atoms with Gasteiger partial charge in [-0.15, -0.1) is 0 Å². The molecule has 0 aliphatic heterocycles. The van der Waals surface area contributed by atoms with E-state index in [0.29, 0.717) is 0 Å². The summed E-state index contributed by atoms with van der Waals surface area (Å²) in [5, 5.41) is 12.4. The maximum Gasteiger partial charge on any atom is 0.326 e. The van der Waals surface area contributed by atoms with Crippen molar-refractivity contribution in [3.05, 3.63) is 105 Å². The van der Waals surface area contributed by atoms with Crippen molar-refractivity contribution in [3.63, 3.8) is 0 Å². The number of amides is 1. The fourth-order valence-corrected chi connectivity index (χ4v) is 3.46. The Hall–Kier alpha value is -2.67. The zero-order valence-electron chi connectivity index (χ0n) is 15.1. The largest absolute Gasteiger partial charge is 0.480 e. The van der Waals surface area contributed by atoms with E-state index >= 15 is 0 Å². The van der Waals surface area contributed by atoms with E-state index in [2.05, 4.69) is 27.9 Å². The molecule has 4 nitrogen and oxygen atoms in total. The Balaban J connectivity index is 1.85. The lowest BCUT2D eigenvalue weighted by Crippen LogP contribution is -2.44. The minimum absolute atomic E-state index is 0.230. The molecule has 3 aromatic rings. The van der Waals surface area contributed by atoms with Crippen molar-refractivity contribution < 1.29 is 14.7 Å². The highest BCUT2D eigenvalue weighted by Crippen LogP contribution is 2.25. The Kier molecular flexibility index (Phi) is 6.81. The molecule has 0 unspecified atom stereocenters. The monoisotopic (exact) mass is 485 g/mol. The van der Waals surface area contributed by atoms with Gasteiger partial charge < -0.3 is 10.4 Å². The highest BCUT2D eigenvalue weighted by molar-refractivity contribution is 14.1. The predicted molar refractivity (Wildman–Crippen MR) is 117 cm³/mol. The first-order chi connectivity index (χ1) is 13.5. The van der Waals surface area contributed by atoms with Gasteiger partial charge in [0.15, 0.2) is 0 Å². The van der Waals surface area contributed by atoms with Crippen molar-refractivity contribution in [1.29, 1.82) is 0 Å². The highest BCUT2D eigenvalue weighted by Gasteiger charge is 2.27. The number of carbonyl (C=O) groups excluding carboxylic acids is 1. The molecule has 0 bridgehead atoms. The number of hydrogen-bond acceptors (Lipinski definition) is 2. The second-order valence-electron chi connectivity index (χ2n) is 6.48. The van der Waals surface area contributed by atoms with Crippen LogP contribution >= 0.6 is 22.6 Å². The number of carboxylic acid groups (broad SMARTS) is 1. The molecule has 28 heavy (non-hydrogen) atoms. The number of rotatable bonds is 7. The fourth-order valence-electron chi connectivity index (χ4n) is 3.10. The van der Waals surface area contributed by atoms with E-state index < -0.39 is 17.9 Å².